The summed E-state index contributed by atoms with van der Waals surface area (Å²) < 4.78 is 13.0. The molecule has 0 aliphatic heterocycles. The van der Waals surface area contributed by atoms with Crippen molar-refractivity contribution >= 4 is 28.9 Å². The lowest BCUT2D eigenvalue weighted by atomic mass is 10.2. The Hall–Kier alpha value is -1.50. The van der Waals surface area contributed by atoms with Crippen LogP contribution in [0.25, 0.3) is 10.6 Å². The van der Waals surface area contributed by atoms with Crippen molar-refractivity contribution in [2.75, 3.05) is 0 Å². The zero-order valence-corrected chi connectivity index (χ0v) is 10.5. The first-order valence-corrected chi connectivity index (χ1v) is 6.14. The van der Waals surface area contributed by atoms with Gasteiger partial charge in [-0.1, -0.05) is 11.6 Å². The number of benzene rings is 1. The molecule has 4 nitrogen and oxygen atoms in total. The van der Waals surface area contributed by atoms with Gasteiger partial charge in [0.25, 0.3) is 0 Å². The molecule has 1 atom stereocenters. The molecular formula is C11H8ClFN2O2S. The molecule has 94 valence electrons. The maximum atomic E-state index is 13.0. The van der Waals surface area contributed by atoms with Gasteiger partial charge in [-0.3, -0.25) is 4.79 Å². The highest BCUT2D eigenvalue weighted by Crippen LogP contribution is 2.28. The van der Waals surface area contributed by atoms with Crippen molar-refractivity contribution in [1.29, 1.82) is 0 Å². The van der Waals surface area contributed by atoms with Crippen molar-refractivity contribution < 1.29 is 14.3 Å². The number of carbonyl (C=O) groups is 1. The molecule has 3 N–H and O–H groups in total. The third-order valence-electron chi connectivity index (χ3n) is 2.27. The predicted molar refractivity (Wildman–Crippen MR) is 67.1 cm³/mol. The normalized spacial score (nSPS) is 12.4. The van der Waals surface area contributed by atoms with Gasteiger partial charge in [-0.25, -0.2) is 9.37 Å². The van der Waals surface area contributed by atoms with Gasteiger partial charge in [0.05, 0.1) is 10.7 Å². The summed E-state index contributed by atoms with van der Waals surface area (Å²) in [4.78, 5) is 14.8. The molecule has 18 heavy (non-hydrogen) atoms. The number of aromatic nitrogens is 1. The Morgan fingerprint density at radius 2 is 2.28 bits per heavy atom. The summed E-state index contributed by atoms with van der Waals surface area (Å²) in [5, 5.41) is 10.9. The zero-order chi connectivity index (χ0) is 13.3. The Morgan fingerprint density at radius 3 is 2.89 bits per heavy atom. The molecule has 1 aromatic heterocycles. The lowest BCUT2D eigenvalue weighted by Gasteiger charge is -2.01. The maximum absolute atomic E-state index is 13.0. The Labute approximate surface area is 111 Å². The van der Waals surface area contributed by atoms with Gasteiger partial charge < -0.3 is 10.8 Å². The average Bonchev–Trinajstić information content (AvgIpc) is 2.81. The highest BCUT2D eigenvalue weighted by atomic mass is 35.5. The van der Waals surface area contributed by atoms with Gasteiger partial charge in [-0.2, -0.15) is 0 Å². The summed E-state index contributed by atoms with van der Waals surface area (Å²) in [6.45, 7) is 0. The first-order valence-electron chi connectivity index (χ1n) is 4.88. The Morgan fingerprint density at radius 1 is 1.56 bits per heavy atom. The molecule has 0 saturated carbocycles. The molecule has 0 aliphatic rings. The maximum Gasteiger partial charge on any atom is 0.326 e. The van der Waals surface area contributed by atoms with E-state index in [0.717, 1.165) is 0 Å². The second-order valence-corrected chi connectivity index (χ2v) is 4.79. The summed E-state index contributed by atoms with van der Waals surface area (Å²) >= 11 is 6.89. The van der Waals surface area contributed by atoms with Crippen LogP contribution in [0.15, 0.2) is 23.6 Å². The number of aliphatic carboxylic acids is 1. The van der Waals surface area contributed by atoms with E-state index in [4.69, 9.17) is 22.4 Å². The number of rotatable bonds is 3. The molecule has 0 spiro atoms. The fourth-order valence-corrected chi connectivity index (χ4v) is 2.35. The number of carboxylic acid groups (broad SMARTS) is 1. The highest BCUT2D eigenvalue weighted by Gasteiger charge is 2.18. The predicted octanol–water partition coefficient (Wildman–Crippen LogP) is 2.69. The molecule has 2 aromatic rings. The van der Waals surface area contributed by atoms with E-state index in [0.29, 0.717) is 10.6 Å². The van der Waals surface area contributed by atoms with Gasteiger partial charge in [-0.15, -0.1) is 11.3 Å². The van der Waals surface area contributed by atoms with Crippen LogP contribution in [0.5, 0.6) is 0 Å². The number of nitrogens with zero attached hydrogens (tertiary/aromatic N) is 1. The molecule has 1 heterocycles. The monoisotopic (exact) mass is 286 g/mol. The van der Waals surface area contributed by atoms with E-state index in [2.05, 4.69) is 4.98 Å². The molecule has 7 heteroatoms. The summed E-state index contributed by atoms with van der Waals surface area (Å²) in [6, 6.07) is 3.03. The van der Waals surface area contributed by atoms with Crippen molar-refractivity contribution in [2.45, 2.75) is 6.04 Å². The summed E-state index contributed by atoms with van der Waals surface area (Å²) in [6.07, 6.45) is 0. The van der Waals surface area contributed by atoms with Gasteiger partial charge in [-0.05, 0) is 18.2 Å². The van der Waals surface area contributed by atoms with E-state index in [9.17, 15) is 9.18 Å². The van der Waals surface area contributed by atoms with Gasteiger partial charge in [0.1, 0.15) is 16.9 Å². The molecule has 2 rings (SSSR count). The van der Waals surface area contributed by atoms with Crippen molar-refractivity contribution in [2.24, 2.45) is 5.73 Å². The number of hydrogen-bond acceptors (Lipinski definition) is 4. The van der Waals surface area contributed by atoms with Crippen LogP contribution in [0.1, 0.15) is 11.7 Å². The standard InChI is InChI=1S/C11H8ClFN2O2S/c12-6-3-5(1-2-7(6)13)10-15-8(4-18-10)9(14)11(16)17/h1-4,9H,14H2,(H,16,17). The van der Waals surface area contributed by atoms with E-state index >= 15 is 0 Å². The first kappa shape index (κ1) is 12.9. The summed E-state index contributed by atoms with van der Waals surface area (Å²) in [5.74, 6) is -1.66. The molecule has 0 radical (unpaired) electrons. The summed E-state index contributed by atoms with van der Waals surface area (Å²) in [7, 11) is 0. The van der Waals surface area contributed by atoms with Crippen molar-refractivity contribution in [1.82, 2.24) is 4.98 Å². The number of thiazole rings is 1. The second-order valence-electron chi connectivity index (χ2n) is 3.52. The minimum Gasteiger partial charge on any atom is -0.480 e. The number of halogens is 2. The Kier molecular flexibility index (Phi) is 3.60. The number of hydrogen-bond donors (Lipinski definition) is 2. The Balaban J connectivity index is 2.35. The topological polar surface area (TPSA) is 76.2 Å². The SMILES string of the molecule is NC(C(=O)O)c1csc(-c2ccc(F)c(Cl)c2)n1. The van der Waals surface area contributed by atoms with Gasteiger partial charge >= 0.3 is 5.97 Å². The van der Waals surface area contributed by atoms with E-state index in [-0.39, 0.29) is 10.7 Å². The van der Waals surface area contributed by atoms with Crippen LogP contribution in [-0.4, -0.2) is 16.1 Å². The largest absolute Gasteiger partial charge is 0.480 e. The minimum atomic E-state index is -1.16. The fourth-order valence-electron chi connectivity index (χ4n) is 1.32. The molecule has 0 amide bonds. The quantitative estimate of drug-likeness (QED) is 0.909. The van der Waals surface area contributed by atoms with Crippen molar-refractivity contribution in [3.05, 3.63) is 40.1 Å². The van der Waals surface area contributed by atoms with Crippen molar-refractivity contribution in [3.8, 4) is 10.6 Å². The smallest absolute Gasteiger partial charge is 0.326 e. The van der Waals surface area contributed by atoms with Gasteiger partial charge in [0, 0.05) is 10.9 Å². The lowest BCUT2D eigenvalue weighted by molar-refractivity contribution is -0.138. The third-order valence-corrected chi connectivity index (χ3v) is 3.47. The molecule has 0 aliphatic carbocycles. The molecule has 0 bridgehead atoms. The lowest BCUT2D eigenvalue weighted by Crippen LogP contribution is -2.20. The van der Waals surface area contributed by atoms with E-state index in [1.54, 1.807) is 5.38 Å². The second kappa shape index (κ2) is 5.01. The van der Waals surface area contributed by atoms with Gasteiger partial charge in [0.15, 0.2) is 0 Å². The van der Waals surface area contributed by atoms with Gasteiger partial charge in [0.2, 0.25) is 0 Å². The molecule has 1 aromatic carbocycles. The van der Waals surface area contributed by atoms with E-state index < -0.39 is 17.8 Å². The molecule has 0 saturated heterocycles. The molecular weight excluding hydrogens is 279 g/mol. The first-order chi connectivity index (χ1) is 8.49. The van der Waals surface area contributed by atoms with Crippen LogP contribution >= 0.6 is 22.9 Å². The van der Waals surface area contributed by atoms with Crippen LogP contribution < -0.4 is 5.73 Å². The van der Waals surface area contributed by atoms with Crippen LogP contribution in [0, 0.1) is 5.82 Å². The Bertz CT molecular complexity index is 602. The summed E-state index contributed by atoms with van der Waals surface area (Å²) in [5.41, 5.74) is 6.33. The van der Waals surface area contributed by atoms with Crippen LogP contribution in [0.2, 0.25) is 5.02 Å². The highest BCUT2D eigenvalue weighted by molar-refractivity contribution is 7.13. The molecule has 1 unspecified atom stereocenters. The third kappa shape index (κ3) is 2.50. The number of nitrogens with two attached hydrogens (primary N) is 1. The van der Waals surface area contributed by atoms with Crippen LogP contribution in [0.4, 0.5) is 4.39 Å². The minimum absolute atomic E-state index is 0.00761. The van der Waals surface area contributed by atoms with E-state index in [1.165, 1.54) is 29.5 Å². The van der Waals surface area contributed by atoms with Crippen molar-refractivity contribution in [3.63, 3.8) is 0 Å². The fraction of sp³-hybridized carbons (Fsp3) is 0.0909. The van der Waals surface area contributed by atoms with Crippen LogP contribution in [-0.2, 0) is 4.79 Å². The zero-order valence-electron chi connectivity index (χ0n) is 8.93. The number of carboxylic acids is 1. The average molecular weight is 287 g/mol. The molecule has 0 fully saturated rings. The van der Waals surface area contributed by atoms with Crippen LogP contribution in [0.3, 0.4) is 0 Å². The van der Waals surface area contributed by atoms with E-state index in [1.807, 2.05) is 0 Å².